The van der Waals surface area contributed by atoms with Crippen molar-refractivity contribution in [2.45, 2.75) is 25.7 Å². The van der Waals surface area contributed by atoms with E-state index in [1.54, 1.807) is 0 Å². The molecule has 0 saturated heterocycles. The molecule has 0 saturated carbocycles. The Labute approximate surface area is 145 Å². The van der Waals surface area contributed by atoms with Gasteiger partial charge in [-0.2, -0.15) is 26.3 Å². The first kappa shape index (κ1) is 21.4. The van der Waals surface area contributed by atoms with Crippen molar-refractivity contribution in [3.8, 4) is 0 Å². The molecule has 140 valence electrons. The van der Waals surface area contributed by atoms with Crippen LogP contribution in [0.4, 0.5) is 26.3 Å². The zero-order valence-electron chi connectivity index (χ0n) is 13.5. The van der Waals surface area contributed by atoms with Crippen LogP contribution < -0.4 is 0 Å². The maximum atomic E-state index is 12.1. The first-order valence-corrected chi connectivity index (χ1v) is 7.23. The molecule has 0 fully saturated rings. The number of hydrogen-bond acceptors (Lipinski definition) is 2. The van der Waals surface area contributed by atoms with E-state index < -0.39 is 23.5 Å². The molecular weight excluding hydrogens is 362 g/mol. The minimum atomic E-state index is -4.38. The number of alkyl halides is 6. The molecule has 0 heterocycles. The van der Waals surface area contributed by atoms with Gasteiger partial charge in [0.1, 0.15) is 6.29 Å². The summed E-state index contributed by atoms with van der Waals surface area (Å²) in [6.07, 6.45) is -8.12. The Kier molecular flexibility index (Phi) is 7.11. The van der Waals surface area contributed by atoms with E-state index in [4.69, 9.17) is 0 Å². The number of halogens is 6. The molecule has 0 atom stereocenters. The van der Waals surface area contributed by atoms with Crippen molar-refractivity contribution in [3.63, 3.8) is 0 Å². The third kappa shape index (κ3) is 6.70. The monoisotopic (exact) mass is 376 g/mol. The highest BCUT2D eigenvalue weighted by molar-refractivity contribution is 5.94. The number of hydrogen-bond donors (Lipinski definition) is 0. The van der Waals surface area contributed by atoms with Crippen molar-refractivity contribution < 1.29 is 35.9 Å². The molecule has 2 aromatic carbocycles. The zero-order chi connectivity index (χ0) is 20.0. The van der Waals surface area contributed by atoms with Gasteiger partial charge in [-0.3, -0.25) is 4.79 Å². The predicted octanol–water partition coefficient (Wildman–Crippen LogP) is 5.35. The van der Waals surface area contributed by atoms with Crippen LogP contribution >= 0.6 is 0 Å². The average molecular weight is 376 g/mol. The summed E-state index contributed by atoms with van der Waals surface area (Å²) >= 11 is 0. The molecule has 8 heteroatoms. The summed E-state index contributed by atoms with van der Waals surface area (Å²) in [4.78, 5) is 20.8. The molecule has 2 aromatic rings. The number of carbonyl (C=O) groups excluding carboxylic acids is 2. The van der Waals surface area contributed by atoms with Gasteiger partial charge in [-0.25, -0.2) is 0 Å². The van der Waals surface area contributed by atoms with Crippen molar-refractivity contribution in [3.05, 3.63) is 70.8 Å². The van der Waals surface area contributed by atoms with E-state index >= 15 is 0 Å². The molecule has 2 nitrogen and oxygen atoms in total. The third-order valence-corrected chi connectivity index (χ3v) is 3.17. The van der Waals surface area contributed by atoms with Crippen molar-refractivity contribution in [2.75, 3.05) is 0 Å². The average Bonchev–Trinajstić information content (AvgIpc) is 2.54. The number of carbonyl (C=O) groups is 2. The van der Waals surface area contributed by atoms with Gasteiger partial charge in [0.25, 0.3) is 0 Å². The molecule has 0 N–H and O–H groups in total. The molecule has 0 aromatic heterocycles. The molecular formula is C18H14F6O2. The van der Waals surface area contributed by atoms with Gasteiger partial charge in [0, 0.05) is 12.0 Å². The minimum Gasteiger partial charge on any atom is -0.303 e. The van der Waals surface area contributed by atoms with Gasteiger partial charge in [0.15, 0.2) is 5.78 Å². The summed E-state index contributed by atoms with van der Waals surface area (Å²) in [6.45, 7) is 1.23. The van der Waals surface area contributed by atoms with Crippen molar-refractivity contribution in [2.24, 2.45) is 0 Å². The van der Waals surface area contributed by atoms with Gasteiger partial charge in [0.2, 0.25) is 0 Å². The van der Waals surface area contributed by atoms with E-state index in [2.05, 4.69) is 0 Å². The van der Waals surface area contributed by atoms with Crippen LogP contribution in [0, 0.1) is 0 Å². The molecule has 0 aliphatic heterocycles. The standard InChI is InChI=1S/2C9H7F3O/c1-6(13)7-3-2-4-8(5-7)9(10,11)12;10-9(11,12)8-3-1-2-7(6-8)4-5-13/h2-5H,1H3;1-3,5-6H,4H2. The second-order valence-electron chi connectivity index (χ2n) is 5.20. The molecule has 0 amide bonds. The Morgan fingerprint density at radius 2 is 1.38 bits per heavy atom. The highest BCUT2D eigenvalue weighted by Gasteiger charge is 2.31. The van der Waals surface area contributed by atoms with Gasteiger partial charge in [0.05, 0.1) is 11.1 Å². The Morgan fingerprint density at radius 3 is 1.85 bits per heavy atom. The van der Waals surface area contributed by atoms with Crippen molar-refractivity contribution in [1.82, 2.24) is 0 Å². The fraction of sp³-hybridized carbons (Fsp3) is 0.222. The van der Waals surface area contributed by atoms with E-state index in [0.29, 0.717) is 11.8 Å². The molecule has 2 rings (SSSR count). The first-order valence-electron chi connectivity index (χ1n) is 7.23. The van der Waals surface area contributed by atoms with Crippen LogP contribution in [0.1, 0.15) is 34.0 Å². The first-order chi connectivity index (χ1) is 11.9. The van der Waals surface area contributed by atoms with E-state index in [1.165, 1.54) is 31.2 Å². The fourth-order valence-corrected chi connectivity index (χ4v) is 1.89. The lowest BCUT2D eigenvalue weighted by Crippen LogP contribution is -2.06. The lowest BCUT2D eigenvalue weighted by atomic mass is 10.1. The van der Waals surface area contributed by atoms with Crippen LogP contribution in [0.5, 0.6) is 0 Å². The topological polar surface area (TPSA) is 34.1 Å². The second kappa shape index (κ2) is 8.64. The number of Topliss-reactive ketones (excluding diaryl/α,β-unsaturated/α-hetero) is 1. The summed E-state index contributed by atoms with van der Waals surface area (Å²) in [6, 6.07) is 9.11. The highest BCUT2D eigenvalue weighted by atomic mass is 19.4. The Balaban J connectivity index is 0.000000260. The van der Waals surface area contributed by atoms with E-state index in [9.17, 15) is 35.9 Å². The number of ketones is 1. The molecule has 0 radical (unpaired) electrons. The SMILES string of the molecule is CC(=O)c1cccc(C(F)(F)F)c1.O=CCc1cccc(C(F)(F)F)c1. The highest BCUT2D eigenvalue weighted by Crippen LogP contribution is 2.30. The lowest BCUT2D eigenvalue weighted by molar-refractivity contribution is -0.138. The summed E-state index contributed by atoms with van der Waals surface area (Å²) in [7, 11) is 0. The lowest BCUT2D eigenvalue weighted by Gasteiger charge is -2.06. The zero-order valence-corrected chi connectivity index (χ0v) is 13.5. The molecule has 0 unspecified atom stereocenters. The smallest absolute Gasteiger partial charge is 0.303 e. The number of aldehydes is 1. The van der Waals surface area contributed by atoms with E-state index in [0.717, 1.165) is 24.3 Å². The summed E-state index contributed by atoms with van der Waals surface area (Å²) in [5.74, 6) is -0.369. The maximum Gasteiger partial charge on any atom is 0.416 e. The maximum absolute atomic E-state index is 12.1. The molecule has 0 spiro atoms. The van der Waals surface area contributed by atoms with E-state index in [1.807, 2.05) is 0 Å². The van der Waals surface area contributed by atoms with Crippen LogP contribution in [0.15, 0.2) is 48.5 Å². The van der Waals surface area contributed by atoms with Crippen LogP contribution in [-0.4, -0.2) is 12.1 Å². The van der Waals surface area contributed by atoms with Gasteiger partial charge < -0.3 is 4.79 Å². The van der Waals surface area contributed by atoms with Crippen molar-refractivity contribution in [1.29, 1.82) is 0 Å². The Hall–Kier alpha value is -2.64. The summed E-state index contributed by atoms with van der Waals surface area (Å²) in [5, 5.41) is 0. The Morgan fingerprint density at radius 1 is 0.885 bits per heavy atom. The quantitative estimate of drug-likeness (QED) is 0.411. The summed E-state index contributed by atoms with van der Waals surface area (Å²) in [5.41, 5.74) is -1.05. The van der Waals surface area contributed by atoms with Crippen LogP contribution in [0.2, 0.25) is 0 Å². The van der Waals surface area contributed by atoms with E-state index in [-0.39, 0.29) is 17.8 Å². The normalized spacial score (nSPS) is 11.3. The molecule has 0 aliphatic rings. The van der Waals surface area contributed by atoms with Gasteiger partial charge >= 0.3 is 12.4 Å². The van der Waals surface area contributed by atoms with Crippen LogP contribution in [-0.2, 0) is 23.6 Å². The van der Waals surface area contributed by atoms with Gasteiger partial charge in [-0.1, -0.05) is 30.3 Å². The fourth-order valence-electron chi connectivity index (χ4n) is 1.89. The molecule has 0 aliphatic carbocycles. The predicted molar refractivity (Wildman–Crippen MR) is 82.7 cm³/mol. The van der Waals surface area contributed by atoms with Gasteiger partial charge in [-0.05, 0) is 30.7 Å². The largest absolute Gasteiger partial charge is 0.416 e. The summed E-state index contributed by atoms with van der Waals surface area (Å²) < 4.78 is 72.7. The third-order valence-electron chi connectivity index (χ3n) is 3.17. The van der Waals surface area contributed by atoms with Crippen LogP contribution in [0.3, 0.4) is 0 Å². The Bertz CT molecular complexity index is 763. The minimum absolute atomic E-state index is 0.0178. The molecule has 0 bridgehead atoms. The van der Waals surface area contributed by atoms with Gasteiger partial charge in [-0.15, -0.1) is 0 Å². The molecule has 26 heavy (non-hydrogen) atoms. The number of rotatable bonds is 3. The second-order valence-corrected chi connectivity index (χ2v) is 5.20. The van der Waals surface area contributed by atoms with Crippen molar-refractivity contribution >= 4 is 12.1 Å². The number of benzene rings is 2. The van der Waals surface area contributed by atoms with Crippen LogP contribution in [0.25, 0.3) is 0 Å².